The highest BCUT2D eigenvalue weighted by molar-refractivity contribution is 5.09. The zero-order chi connectivity index (χ0) is 14.4. The van der Waals surface area contributed by atoms with Gasteiger partial charge in [0, 0.05) is 17.9 Å². The van der Waals surface area contributed by atoms with Crippen molar-refractivity contribution in [2.75, 3.05) is 6.61 Å². The van der Waals surface area contributed by atoms with Crippen LogP contribution in [0.2, 0.25) is 0 Å². The minimum absolute atomic E-state index is 0.000139. The molecule has 1 unspecified atom stereocenters. The minimum Gasteiger partial charge on any atom is -0.396 e. The summed E-state index contributed by atoms with van der Waals surface area (Å²) in [5, 5.41) is 41.0. The lowest BCUT2D eigenvalue weighted by Crippen LogP contribution is -2.63. The molecule has 2 aliphatic rings. The maximum Gasteiger partial charge on any atom is 0.0679 e. The average molecular weight is 272 g/mol. The molecular formula is C15H28O4. The van der Waals surface area contributed by atoms with E-state index in [1.807, 2.05) is 13.8 Å². The molecule has 112 valence electrons. The second-order valence-electron chi connectivity index (χ2n) is 7.25. The molecule has 2 fully saturated rings. The molecule has 0 aliphatic heterocycles. The third-order valence-electron chi connectivity index (χ3n) is 5.88. The summed E-state index contributed by atoms with van der Waals surface area (Å²) in [7, 11) is 0. The fourth-order valence-corrected chi connectivity index (χ4v) is 4.56. The Morgan fingerprint density at radius 1 is 1.16 bits per heavy atom. The maximum absolute atomic E-state index is 10.7. The normalized spacial score (nSPS) is 52.6. The molecular weight excluding hydrogens is 244 g/mol. The van der Waals surface area contributed by atoms with Gasteiger partial charge in [-0.15, -0.1) is 0 Å². The summed E-state index contributed by atoms with van der Waals surface area (Å²) in [6.07, 6.45) is 1.58. The SMILES string of the molecule is C[C@H](CO)[C@@H]1CC[C@]2(C)C([C@H]1O)[C@](C)(O)CC[C@H]2O. The van der Waals surface area contributed by atoms with Gasteiger partial charge in [-0.1, -0.05) is 13.8 Å². The Hall–Kier alpha value is -0.160. The van der Waals surface area contributed by atoms with Gasteiger partial charge < -0.3 is 20.4 Å². The molecule has 7 atom stereocenters. The van der Waals surface area contributed by atoms with Gasteiger partial charge in [-0.3, -0.25) is 0 Å². The summed E-state index contributed by atoms with van der Waals surface area (Å²) in [6.45, 7) is 5.75. The van der Waals surface area contributed by atoms with Crippen LogP contribution in [0.15, 0.2) is 0 Å². The molecule has 4 heteroatoms. The summed E-state index contributed by atoms with van der Waals surface area (Å²) in [5.74, 6) is -0.300. The minimum atomic E-state index is -0.943. The highest BCUT2D eigenvalue weighted by Gasteiger charge is 2.59. The monoisotopic (exact) mass is 272 g/mol. The fourth-order valence-electron chi connectivity index (χ4n) is 4.56. The van der Waals surface area contributed by atoms with Crippen molar-refractivity contribution in [2.45, 2.75) is 64.3 Å². The van der Waals surface area contributed by atoms with Crippen LogP contribution in [0.4, 0.5) is 0 Å². The van der Waals surface area contributed by atoms with Crippen LogP contribution in [0.1, 0.15) is 46.5 Å². The van der Waals surface area contributed by atoms with E-state index in [0.29, 0.717) is 12.8 Å². The molecule has 2 aliphatic carbocycles. The lowest BCUT2D eigenvalue weighted by Gasteiger charge is -2.58. The van der Waals surface area contributed by atoms with Crippen molar-refractivity contribution in [3.8, 4) is 0 Å². The third kappa shape index (κ3) is 2.33. The van der Waals surface area contributed by atoms with E-state index in [1.54, 1.807) is 6.92 Å². The molecule has 4 N–H and O–H groups in total. The first-order valence-electron chi connectivity index (χ1n) is 7.43. The Morgan fingerprint density at radius 2 is 1.79 bits per heavy atom. The highest BCUT2D eigenvalue weighted by atomic mass is 16.3. The van der Waals surface area contributed by atoms with E-state index in [0.717, 1.165) is 12.8 Å². The Morgan fingerprint density at radius 3 is 2.37 bits per heavy atom. The predicted molar refractivity (Wildman–Crippen MR) is 72.4 cm³/mol. The molecule has 2 rings (SSSR count). The van der Waals surface area contributed by atoms with E-state index in [9.17, 15) is 20.4 Å². The molecule has 0 heterocycles. The smallest absolute Gasteiger partial charge is 0.0679 e. The molecule has 2 saturated carbocycles. The van der Waals surface area contributed by atoms with Gasteiger partial charge in [0.05, 0.1) is 17.8 Å². The lowest BCUT2D eigenvalue weighted by atomic mass is 9.50. The topological polar surface area (TPSA) is 80.9 Å². The fraction of sp³-hybridized carbons (Fsp3) is 1.00. The molecule has 0 spiro atoms. The second kappa shape index (κ2) is 4.99. The first-order chi connectivity index (χ1) is 8.74. The molecule has 19 heavy (non-hydrogen) atoms. The van der Waals surface area contributed by atoms with E-state index >= 15 is 0 Å². The molecule has 0 amide bonds. The van der Waals surface area contributed by atoms with Crippen LogP contribution in [0.5, 0.6) is 0 Å². The van der Waals surface area contributed by atoms with Crippen LogP contribution < -0.4 is 0 Å². The van der Waals surface area contributed by atoms with Gasteiger partial charge in [-0.25, -0.2) is 0 Å². The van der Waals surface area contributed by atoms with Crippen LogP contribution in [0, 0.1) is 23.2 Å². The highest BCUT2D eigenvalue weighted by Crippen LogP contribution is 2.56. The first kappa shape index (κ1) is 15.2. The van der Waals surface area contributed by atoms with Gasteiger partial charge in [0.2, 0.25) is 0 Å². The van der Waals surface area contributed by atoms with Crippen LogP contribution >= 0.6 is 0 Å². The van der Waals surface area contributed by atoms with Crippen molar-refractivity contribution in [3.63, 3.8) is 0 Å². The number of hydrogen-bond acceptors (Lipinski definition) is 4. The number of rotatable bonds is 2. The molecule has 0 aromatic carbocycles. The predicted octanol–water partition coefficient (Wildman–Crippen LogP) is 0.914. The summed E-state index contributed by atoms with van der Waals surface area (Å²) in [6, 6.07) is 0. The van der Waals surface area contributed by atoms with Crippen molar-refractivity contribution in [1.29, 1.82) is 0 Å². The van der Waals surface area contributed by atoms with E-state index in [4.69, 9.17) is 0 Å². The first-order valence-corrected chi connectivity index (χ1v) is 7.43. The molecule has 0 bridgehead atoms. The molecule has 4 nitrogen and oxygen atoms in total. The van der Waals surface area contributed by atoms with E-state index in [1.165, 1.54) is 0 Å². The Bertz CT molecular complexity index is 330. The lowest BCUT2D eigenvalue weighted by molar-refractivity contribution is -0.221. The number of aliphatic hydroxyl groups is 4. The van der Waals surface area contributed by atoms with Crippen LogP contribution in [0.25, 0.3) is 0 Å². The van der Waals surface area contributed by atoms with Crippen LogP contribution in [0.3, 0.4) is 0 Å². The number of aliphatic hydroxyl groups excluding tert-OH is 3. The zero-order valence-electron chi connectivity index (χ0n) is 12.2. The second-order valence-corrected chi connectivity index (χ2v) is 7.25. The van der Waals surface area contributed by atoms with E-state index in [2.05, 4.69) is 0 Å². The molecule has 0 aromatic heterocycles. The van der Waals surface area contributed by atoms with Gasteiger partial charge in [-0.2, -0.15) is 0 Å². The number of hydrogen-bond donors (Lipinski definition) is 4. The van der Waals surface area contributed by atoms with Gasteiger partial charge in [0.25, 0.3) is 0 Å². The average Bonchev–Trinajstić information content (AvgIpc) is 2.33. The van der Waals surface area contributed by atoms with Crippen molar-refractivity contribution in [1.82, 2.24) is 0 Å². The van der Waals surface area contributed by atoms with Gasteiger partial charge >= 0.3 is 0 Å². The standard InChI is InChI=1S/C15H28O4/c1-9(8-16)10-4-6-14(2)11(17)5-7-15(3,19)13(14)12(10)18/h9-13,16-19H,4-8H2,1-3H3/t9-,10+,11-,12+,13?,14+,15-/m1/s1. The molecule has 0 saturated heterocycles. The van der Waals surface area contributed by atoms with Crippen molar-refractivity contribution in [2.24, 2.45) is 23.2 Å². The van der Waals surface area contributed by atoms with Crippen LogP contribution in [-0.4, -0.2) is 44.8 Å². The molecule has 0 radical (unpaired) electrons. The van der Waals surface area contributed by atoms with Gasteiger partial charge in [0.15, 0.2) is 0 Å². The zero-order valence-corrected chi connectivity index (χ0v) is 12.2. The van der Waals surface area contributed by atoms with Crippen molar-refractivity contribution >= 4 is 0 Å². The summed E-state index contributed by atoms with van der Waals surface area (Å²) < 4.78 is 0. The van der Waals surface area contributed by atoms with Gasteiger partial charge in [-0.05, 0) is 44.4 Å². The Labute approximate surface area is 115 Å². The molecule has 0 aromatic rings. The van der Waals surface area contributed by atoms with Crippen molar-refractivity contribution < 1.29 is 20.4 Å². The van der Waals surface area contributed by atoms with Gasteiger partial charge in [0.1, 0.15) is 0 Å². The maximum atomic E-state index is 10.7. The Kier molecular flexibility index (Phi) is 4.00. The van der Waals surface area contributed by atoms with E-state index < -0.39 is 23.2 Å². The summed E-state index contributed by atoms with van der Waals surface area (Å²) in [5.41, 5.74) is -1.37. The summed E-state index contributed by atoms with van der Waals surface area (Å²) >= 11 is 0. The quantitative estimate of drug-likeness (QED) is 0.602. The largest absolute Gasteiger partial charge is 0.396 e. The Balaban J connectivity index is 2.32. The third-order valence-corrected chi connectivity index (χ3v) is 5.88. The van der Waals surface area contributed by atoms with Crippen LogP contribution in [-0.2, 0) is 0 Å². The summed E-state index contributed by atoms with van der Waals surface area (Å²) in [4.78, 5) is 0. The van der Waals surface area contributed by atoms with Crippen molar-refractivity contribution in [3.05, 3.63) is 0 Å². The number of fused-ring (bicyclic) bond motifs is 1. The van der Waals surface area contributed by atoms with E-state index in [-0.39, 0.29) is 24.4 Å².